The second kappa shape index (κ2) is 4.32. The van der Waals surface area contributed by atoms with Crippen LogP contribution in [0.4, 0.5) is 17.3 Å². The van der Waals surface area contributed by atoms with Crippen molar-refractivity contribution in [1.82, 2.24) is 15.0 Å². The summed E-state index contributed by atoms with van der Waals surface area (Å²) in [4.78, 5) is 12.4. The molecule has 0 unspecified atom stereocenters. The topological polar surface area (TPSA) is 130 Å². The van der Waals surface area contributed by atoms with Crippen LogP contribution < -0.4 is 17.2 Å². The number of hydrogen-bond acceptors (Lipinski definition) is 8. The SMILES string of the molecule is Nc1cc(N)nc(Sc2nc3c(N)cccc3o2)n1. The van der Waals surface area contributed by atoms with Gasteiger partial charge in [-0.25, -0.2) is 15.0 Å². The van der Waals surface area contributed by atoms with Crippen molar-refractivity contribution in [3.05, 3.63) is 24.3 Å². The van der Waals surface area contributed by atoms with Gasteiger partial charge in [0.05, 0.1) is 5.69 Å². The highest BCUT2D eigenvalue weighted by Gasteiger charge is 2.11. The van der Waals surface area contributed by atoms with Crippen LogP contribution >= 0.6 is 11.8 Å². The fraction of sp³-hybridized carbons (Fsp3) is 0. The number of hydrogen-bond donors (Lipinski definition) is 3. The molecule has 0 amide bonds. The minimum atomic E-state index is 0.297. The van der Waals surface area contributed by atoms with E-state index in [1.165, 1.54) is 6.07 Å². The third kappa shape index (κ3) is 2.25. The standard InChI is InChI=1S/C11H10N6OS/c12-5-2-1-3-6-9(5)17-11(18-6)19-10-15-7(13)4-8(14)16-10/h1-4H,12H2,(H4,13,14,15,16). The maximum absolute atomic E-state index is 5.81. The Morgan fingerprint density at radius 2 is 1.74 bits per heavy atom. The predicted molar refractivity (Wildman–Crippen MR) is 73.4 cm³/mol. The van der Waals surface area contributed by atoms with Crippen LogP contribution in [0.5, 0.6) is 0 Å². The molecule has 0 aliphatic heterocycles. The molecule has 96 valence electrons. The number of nitrogen functional groups attached to an aromatic ring is 3. The molecule has 2 aromatic heterocycles. The summed E-state index contributed by atoms with van der Waals surface area (Å²) in [5, 5.41) is 0.764. The van der Waals surface area contributed by atoms with Gasteiger partial charge in [0.1, 0.15) is 17.2 Å². The zero-order chi connectivity index (χ0) is 13.4. The van der Waals surface area contributed by atoms with Gasteiger partial charge in [0.15, 0.2) is 5.58 Å². The highest BCUT2D eigenvalue weighted by molar-refractivity contribution is 7.99. The third-order valence-electron chi connectivity index (χ3n) is 2.35. The first kappa shape index (κ1) is 11.6. The van der Waals surface area contributed by atoms with Gasteiger partial charge in [-0.15, -0.1) is 0 Å². The zero-order valence-corrected chi connectivity index (χ0v) is 10.5. The van der Waals surface area contributed by atoms with Crippen molar-refractivity contribution in [2.24, 2.45) is 0 Å². The van der Waals surface area contributed by atoms with Crippen LogP contribution in [-0.4, -0.2) is 15.0 Å². The van der Waals surface area contributed by atoms with Crippen molar-refractivity contribution in [3.8, 4) is 0 Å². The normalized spacial score (nSPS) is 10.9. The van der Waals surface area contributed by atoms with Crippen molar-refractivity contribution in [3.63, 3.8) is 0 Å². The monoisotopic (exact) mass is 274 g/mol. The Morgan fingerprint density at radius 3 is 2.42 bits per heavy atom. The lowest BCUT2D eigenvalue weighted by Crippen LogP contribution is -1.98. The van der Waals surface area contributed by atoms with E-state index in [2.05, 4.69) is 15.0 Å². The first-order chi connectivity index (χ1) is 9.11. The summed E-state index contributed by atoms with van der Waals surface area (Å²) >= 11 is 1.13. The van der Waals surface area contributed by atoms with Crippen LogP contribution in [0.3, 0.4) is 0 Å². The summed E-state index contributed by atoms with van der Waals surface area (Å²) in [5.74, 6) is 0.594. The molecule has 0 radical (unpaired) electrons. The third-order valence-corrected chi connectivity index (χ3v) is 3.07. The van der Waals surface area contributed by atoms with Gasteiger partial charge < -0.3 is 21.6 Å². The van der Waals surface area contributed by atoms with E-state index in [9.17, 15) is 0 Å². The van der Waals surface area contributed by atoms with E-state index in [4.69, 9.17) is 21.6 Å². The molecule has 0 atom stereocenters. The molecule has 0 bridgehead atoms. The van der Waals surface area contributed by atoms with Gasteiger partial charge in [-0.1, -0.05) is 6.07 Å². The molecule has 0 saturated carbocycles. The average molecular weight is 274 g/mol. The molecule has 2 heterocycles. The predicted octanol–water partition coefficient (Wildman–Crippen LogP) is 1.52. The van der Waals surface area contributed by atoms with Crippen LogP contribution in [-0.2, 0) is 0 Å². The number of nitrogens with zero attached hydrogens (tertiary/aromatic N) is 3. The Bertz CT molecular complexity index is 736. The molecular formula is C11H10N6OS. The number of para-hydroxylation sites is 1. The Kier molecular flexibility index (Phi) is 2.64. The summed E-state index contributed by atoms with van der Waals surface area (Å²) in [6.45, 7) is 0. The van der Waals surface area contributed by atoms with E-state index in [1.54, 1.807) is 18.2 Å². The Morgan fingerprint density at radius 1 is 1.00 bits per heavy atom. The minimum absolute atomic E-state index is 0.297. The lowest BCUT2D eigenvalue weighted by Gasteiger charge is -1.98. The highest BCUT2D eigenvalue weighted by atomic mass is 32.2. The summed E-state index contributed by atoms with van der Waals surface area (Å²) in [7, 11) is 0. The first-order valence-electron chi connectivity index (χ1n) is 5.35. The van der Waals surface area contributed by atoms with Crippen LogP contribution in [0.25, 0.3) is 11.1 Å². The van der Waals surface area contributed by atoms with Crippen molar-refractivity contribution in [1.29, 1.82) is 0 Å². The van der Waals surface area contributed by atoms with Crippen molar-refractivity contribution < 1.29 is 4.42 Å². The molecule has 0 aliphatic rings. The largest absolute Gasteiger partial charge is 0.431 e. The number of oxazole rings is 1. The Balaban J connectivity index is 1.99. The van der Waals surface area contributed by atoms with Gasteiger partial charge in [-0.05, 0) is 12.1 Å². The minimum Gasteiger partial charge on any atom is -0.431 e. The second-order valence-electron chi connectivity index (χ2n) is 3.78. The molecule has 0 saturated heterocycles. The van der Waals surface area contributed by atoms with Gasteiger partial charge in [0.2, 0.25) is 5.16 Å². The summed E-state index contributed by atoms with van der Waals surface area (Å²) < 4.78 is 5.54. The molecule has 0 fully saturated rings. The smallest absolute Gasteiger partial charge is 0.264 e. The first-order valence-corrected chi connectivity index (χ1v) is 6.16. The quantitative estimate of drug-likeness (QED) is 0.473. The second-order valence-corrected chi connectivity index (χ2v) is 4.69. The molecule has 8 heteroatoms. The molecule has 0 aliphatic carbocycles. The number of nitrogens with two attached hydrogens (primary N) is 3. The van der Waals surface area contributed by atoms with E-state index >= 15 is 0 Å². The van der Waals surface area contributed by atoms with E-state index in [1.807, 2.05) is 0 Å². The molecule has 19 heavy (non-hydrogen) atoms. The molecular weight excluding hydrogens is 264 g/mol. The van der Waals surface area contributed by atoms with E-state index in [0.717, 1.165) is 11.8 Å². The molecule has 6 N–H and O–H groups in total. The highest BCUT2D eigenvalue weighted by Crippen LogP contribution is 2.30. The zero-order valence-electron chi connectivity index (χ0n) is 9.70. The van der Waals surface area contributed by atoms with Crippen molar-refractivity contribution in [2.45, 2.75) is 10.4 Å². The maximum Gasteiger partial charge on any atom is 0.264 e. The van der Waals surface area contributed by atoms with Gasteiger partial charge in [0, 0.05) is 17.8 Å². The molecule has 7 nitrogen and oxygen atoms in total. The van der Waals surface area contributed by atoms with Gasteiger partial charge in [-0.2, -0.15) is 0 Å². The Labute approximate surface area is 112 Å². The van der Waals surface area contributed by atoms with E-state index in [0.29, 0.717) is 38.8 Å². The van der Waals surface area contributed by atoms with Crippen LogP contribution in [0.2, 0.25) is 0 Å². The van der Waals surface area contributed by atoms with Crippen LogP contribution in [0.1, 0.15) is 0 Å². The molecule has 3 rings (SSSR count). The fourth-order valence-electron chi connectivity index (χ4n) is 1.58. The molecule has 0 spiro atoms. The average Bonchev–Trinajstić information content (AvgIpc) is 2.71. The van der Waals surface area contributed by atoms with Crippen LogP contribution in [0.15, 0.2) is 39.1 Å². The lowest BCUT2D eigenvalue weighted by molar-refractivity contribution is 0.489. The lowest BCUT2D eigenvalue weighted by atomic mass is 10.3. The van der Waals surface area contributed by atoms with Crippen LogP contribution in [0, 0.1) is 0 Å². The van der Waals surface area contributed by atoms with E-state index in [-0.39, 0.29) is 0 Å². The maximum atomic E-state index is 5.81. The fourth-order valence-corrected chi connectivity index (χ4v) is 2.31. The Hall–Kier alpha value is -2.48. The van der Waals surface area contributed by atoms with Gasteiger partial charge >= 0.3 is 0 Å². The molecule has 3 aromatic rings. The number of fused-ring (bicyclic) bond motifs is 1. The summed E-state index contributed by atoms with van der Waals surface area (Å²) in [6.07, 6.45) is 0. The van der Waals surface area contributed by atoms with Crippen molar-refractivity contribution >= 4 is 40.2 Å². The van der Waals surface area contributed by atoms with Crippen molar-refractivity contribution in [2.75, 3.05) is 17.2 Å². The van der Waals surface area contributed by atoms with E-state index < -0.39 is 0 Å². The van der Waals surface area contributed by atoms with Gasteiger partial charge in [-0.3, -0.25) is 0 Å². The number of anilines is 3. The summed E-state index contributed by atoms with van der Waals surface area (Å²) in [5.41, 5.74) is 18.8. The number of aromatic nitrogens is 3. The number of benzene rings is 1. The summed E-state index contributed by atoms with van der Waals surface area (Å²) in [6, 6.07) is 6.83. The van der Waals surface area contributed by atoms with Gasteiger partial charge in [0.25, 0.3) is 5.22 Å². The molecule has 1 aromatic carbocycles. The number of rotatable bonds is 2.